The minimum atomic E-state index is -0.165. The third-order valence-electron chi connectivity index (χ3n) is 3.82. The summed E-state index contributed by atoms with van der Waals surface area (Å²) in [4.78, 5) is 0. The normalized spacial score (nSPS) is 13.9. The maximum Gasteiger partial charge on any atom is 0.160 e. The molecule has 2 aromatic rings. The Morgan fingerprint density at radius 1 is 0.650 bits per heavy atom. The summed E-state index contributed by atoms with van der Waals surface area (Å²) in [5, 5.41) is 39.0. The highest BCUT2D eigenvalue weighted by atomic mass is 16.3. The standard InChI is InChI=1S/C16H18O4/c1-9(11-5-3-7-13(17)15(11)19)10(2)12-6-4-8-14(18)16(12)20/h3-10,17-20H,1-2H3. The van der Waals surface area contributed by atoms with Crippen LogP contribution in [0.4, 0.5) is 0 Å². The number of para-hydroxylation sites is 2. The first-order valence-electron chi connectivity index (χ1n) is 6.45. The SMILES string of the molecule is CC(c1cccc(O)c1O)C(C)c1cccc(O)c1O. The Balaban J connectivity index is 2.40. The molecular formula is C16H18O4. The van der Waals surface area contributed by atoms with Crippen molar-refractivity contribution in [3.8, 4) is 23.0 Å². The van der Waals surface area contributed by atoms with Gasteiger partial charge in [0.2, 0.25) is 0 Å². The summed E-state index contributed by atoms with van der Waals surface area (Å²) >= 11 is 0. The van der Waals surface area contributed by atoms with E-state index in [0.717, 1.165) is 0 Å². The predicted octanol–water partition coefficient (Wildman–Crippen LogP) is 3.42. The molecule has 0 heterocycles. The molecule has 4 nitrogen and oxygen atoms in total. The maximum absolute atomic E-state index is 9.93. The van der Waals surface area contributed by atoms with Crippen LogP contribution in [0.25, 0.3) is 0 Å². The van der Waals surface area contributed by atoms with E-state index < -0.39 is 0 Å². The van der Waals surface area contributed by atoms with Gasteiger partial charge in [-0.15, -0.1) is 0 Å². The Bertz CT molecular complexity index is 566. The van der Waals surface area contributed by atoms with Gasteiger partial charge in [0.25, 0.3) is 0 Å². The molecule has 0 bridgehead atoms. The highest BCUT2D eigenvalue weighted by Crippen LogP contribution is 2.43. The van der Waals surface area contributed by atoms with E-state index in [2.05, 4.69) is 0 Å². The highest BCUT2D eigenvalue weighted by molar-refractivity contribution is 5.50. The summed E-state index contributed by atoms with van der Waals surface area (Å²) in [6.07, 6.45) is 0. The molecule has 2 aromatic carbocycles. The zero-order valence-electron chi connectivity index (χ0n) is 11.4. The van der Waals surface area contributed by atoms with Gasteiger partial charge in [0.15, 0.2) is 23.0 Å². The number of rotatable bonds is 3. The fourth-order valence-electron chi connectivity index (χ4n) is 2.37. The van der Waals surface area contributed by atoms with Crippen molar-refractivity contribution in [2.75, 3.05) is 0 Å². The number of phenols is 4. The Morgan fingerprint density at radius 3 is 1.35 bits per heavy atom. The molecule has 0 amide bonds. The van der Waals surface area contributed by atoms with Crippen LogP contribution in [-0.2, 0) is 0 Å². The summed E-state index contributed by atoms with van der Waals surface area (Å²) in [7, 11) is 0. The minimum Gasteiger partial charge on any atom is -0.504 e. The minimum absolute atomic E-state index is 0.144. The van der Waals surface area contributed by atoms with Gasteiger partial charge >= 0.3 is 0 Å². The Hall–Kier alpha value is -2.36. The first-order valence-corrected chi connectivity index (χ1v) is 6.45. The van der Waals surface area contributed by atoms with Crippen LogP contribution in [-0.4, -0.2) is 20.4 Å². The van der Waals surface area contributed by atoms with Crippen LogP contribution in [0.5, 0.6) is 23.0 Å². The Morgan fingerprint density at radius 2 is 1.00 bits per heavy atom. The predicted molar refractivity (Wildman–Crippen MR) is 76.4 cm³/mol. The summed E-state index contributed by atoms with van der Waals surface area (Å²) in [5.41, 5.74) is 1.19. The fourth-order valence-corrected chi connectivity index (χ4v) is 2.37. The van der Waals surface area contributed by atoms with Gasteiger partial charge in [0.05, 0.1) is 0 Å². The first-order chi connectivity index (χ1) is 9.43. The van der Waals surface area contributed by atoms with Crippen LogP contribution < -0.4 is 0 Å². The smallest absolute Gasteiger partial charge is 0.160 e. The third-order valence-corrected chi connectivity index (χ3v) is 3.82. The second-order valence-corrected chi connectivity index (χ2v) is 5.01. The van der Waals surface area contributed by atoms with Gasteiger partial charge in [-0.3, -0.25) is 0 Å². The molecule has 0 fully saturated rings. The first kappa shape index (κ1) is 14.1. The number of hydrogen-bond acceptors (Lipinski definition) is 4. The molecule has 0 spiro atoms. The second kappa shape index (κ2) is 5.33. The summed E-state index contributed by atoms with van der Waals surface area (Å²) in [6.45, 7) is 3.78. The van der Waals surface area contributed by atoms with Crippen molar-refractivity contribution in [3.63, 3.8) is 0 Å². The monoisotopic (exact) mass is 274 g/mol. The largest absolute Gasteiger partial charge is 0.504 e. The highest BCUT2D eigenvalue weighted by Gasteiger charge is 2.23. The molecule has 4 heteroatoms. The van der Waals surface area contributed by atoms with Gasteiger partial charge in [-0.05, 0) is 24.0 Å². The molecule has 0 aliphatic rings. The quantitative estimate of drug-likeness (QED) is 0.646. The molecule has 0 aliphatic heterocycles. The Kier molecular flexibility index (Phi) is 3.74. The molecule has 0 saturated carbocycles. The summed E-state index contributed by atoms with van der Waals surface area (Å²) < 4.78 is 0. The molecule has 0 radical (unpaired) electrons. The van der Waals surface area contributed by atoms with Gasteiger partial charge < -0.3 is 20.4 Å². The van der Waals surface area contributed by atoms with E-state index in [1.165, 1.54) is 12.1 Å². The molecule has 2 unspecified atom stereocenters. The third kappa shape index (κ3) is 2.37. The van der Waals surface area contributed by atoms with Crippen LogP contribution in [0, 0.1) is 0 Å². The van der Waals surface area contributed by atoms with Crippen molar-refractivity contribution in [2.24, 2.45) is 0 Å². The molecule has 2 atom stereocenters. The molecule has 20 heavy (non-hydrogen) atoms. The Labute approximate surface area is 117 Å². The topological polar surface area (TPSA) is 80.9 Å². The van der Waals surface area contributed by atoms with Gasteiger partial charge in [0.1, 0.15) is 0 Å². The van der Waals surface area contributed by atoms with Gasteiger partial charge in [-0.1, -0.05) is 38.1 Å². The zero-order chi connectivity index (χ0) is 14.9. The van der Waals surface area contributed by atoms with Crippen LogP contribution in [0.2, 0.25) is 0 Å². The average Bonchev–Trinajstić information content (AvgIpc) is 2.43. The van der Waals surface area contributed by atoms with E-state index in [1.54, 1.807) is 24.3 Å². The van der Waals surface area contributed by atoms with E-state index in [1.807, 2.05) is 13.8 Å². The molecule has 2 rings (SSSR count). The molecule has 4 N–H and O–H groups in total. The molecular weight excluding hydrogens is 256 g/mol. The zero-order valence-corrected chi connectivity index (χ0v) is 11.4. The van der Waals surface area contributed by atoms with Crippen molar-refractivity contribution >= 4 is 0 Å². The lowest BCUT2D eigenvalue weighted by molar-refractivity contribution is 0.387. The lowest BCUT2D eigenvalue weighted by atomic mass is 9.83. The fraction of sp³-hybridized carbons (Fsp3) is 0.250. The van der Waals surface area contributed by atoms with Crippen LogP contribution >= 0.6 is 0 Å². The van der Waals surface area contributed by atoms with Gasteiger partial charge in [0, 0.05) is 11.1 Å². The average molecular weight is 274 g/mol. The molecule has 0 aromatic heterocycles. The van der Waals surface area contributed by atoms with Crippen molar-refractivity contribution in [1.29, 1.82) is 0 Å². The summed E-state index contributed by atoms with van der Waals surface area (Å²) in [5.74, 6) is -0.911. The van der Waals surface area contributed by atoms with Crippen LogP contribution in [0.15, 0.2) is 36.4 Å². The lowest BCUT2D eigenvalue weighted by Crippen LogP contribution is -2.05. The number of benzene rings is 2. The summed E-state index contributed by atoms with van der Waals surface area (Å²) in [6, 6.07) is 9.63. The van der Waals surface area contributed by atoms with Gasteiger partial charge in [-0.2, -0.15) is 0 Å². The van der Waals surface area contributed by atoms with E-state index in [4.69, 9.17) is 0 Å². The number of aromatic hydroxyl groups is 4. The van der Waals surface area contributed by atoms with E-state index in [0.29, 0.717) is 11.1 Å². The van der Waals surface area contributed by atoms with Crippen molar-refractivity contribution < 1.29 is 20.4 Å². The number of phenolic OH excluding ortho intramolecular Hbond substituents is 4. The molecule has 0 aliphatic carbocycles. The molecule has 0 saturated heterocycles. The number of hydrogen-bond donors (Lipinski definition) is 4. The molecule has 106 valence electrons. The lowest BCUT2D eigenvalue weighted by Gasteiger charge is -2.23. The maximum atomic E-state index is 9.93. The van der Waals surface area contributed by atoms with Crippen LogP contribution in [0.1, 0.15) is 36.8 Å². The van der Waals surface area contributed by atoms with E-state index in [-0.39, 0.29) is 34.8 Å². The van der Waals surface area contributed by atoms with E-state index in [9.17, 15) is 20.4 Å². The van der Waals surface area contributed by atoms with Crippen LogP contribution in [0.3, 0.4) is 0 Å². The van der Waals surface area contributed by atoms with E-state index >= 15 is 0 Å². The van der Waals surface area contributed by atoms with Gasteiger partial charge in [-0.25, -0.2) is 0 Å². The van der Waals surface area contributed by atoms with Crippen molar-refractivity contribution in [3.05, 3.63) is 47.5 Å². The second-order valence-electron chi connectivity index (χ2n) is 5.01. The van der Waals surface area contributed by atoms with Crippen molar-refractivity contribution in [1.82, 2.24) is 0 Å². The van der Waals surface area contributed by atoms with Crippen molar-refractivity contribution in [2.45, 2.75) is 25.7 Å².